The van der Waals surface area contributed by atoms with E-state index in [-0.39, 0.29) is 28.7 Å². The third-order valence-corrected chi connectivity index (χ3v) is 4.08. The molecule has 2 aromatic carbocycles. The molecule has 2 aromatic rings. The summed E-state index contributed by atoms with van der Waals surface area (Å²) < 4.78 is 61.4. The van der Waals surface area contributed by atoms with E-state index in [1.807, 2.05) is 0 Å². The van der Waals surface area contributed by atoms with Gasteiger partial charge in [0.05, 0.1) is 9.79 Å². The van der Waals surface area contributed by atoms with Crippen molar-refractivity contribution in [1.82, 2.24) is 0 Å². The fourth-order valence-electron chi connectivity index (χ4n) is 1.52. The number of rotatable bonds is 2. The third kappa shape index (κ3) is 3.57. The van der Waals surface area contributed by atoms with Crippen molar-refractivity contribution in [2.45, 2.75) is 9.79 Å². The molecule has 98 valence electrons. The fraction of sp³-hybridized carbons (Fsp3) is 0. The molecule has 0 aliphatic rings. The van der Waals surface area contributed by atoms with Crippen LogP contribution in [0.4, 0.5) is 0 Å². The summed E-state index contributed by atoms with van der Waals surface area (Å²) in [5, 5.41) is 0.857. The predicted molar refractivity (Wildman–Crippen MR) is 70.7 cm³/mol. The zero-order chi connectivity index (χ0) is 13.6. The standard InChI is InChI=1S/C10H8O6S2.Li.H/c11-17(12,13)9-3-1-7-5-10(18(14,15)16)4-2-8(7)6-9;;/h1-6H,(H,11,12,13)(H,14,15,16);;. The molecule has 0 spiro atoms. The van der Waals surface area contributed by atoms with Crippen LogP contribution < -0.4 is 0 Å². The Bertz CT molecular complexity index is 755. The van der Waals surface area contributed by atoms with Crippen LogP contribution in [-0.2, 0) is 20.2 Å². The van der Waals surface area contributed by atoms with Crippen LogP contribution in [0.2, 0.25) is 0 Å². The Morgan fingerprint density at radius 3 is 1.26 bits per heavy atom. The number of hydrogen-bond donors (Lipinski definition) is 2. The summed E-state index contributed by atoms with van der Waals surface area (Å²) >= 11 is 0. The van der Waals surface area contributed by atoms with E-state index in [1.165, 1.54) is 24.3 Å². The maximum atomic E-state index is 10.9. The Morgan fingerprint density at radius 1 is 0.684 bits per heavy atom. The van der Waals surface area contributed by atoms with Crippen LogP contribution in [0.5, 0.6) is 0 Å². The van der Waals surface area contributed by atoms with E-state index in [1.54, 1.807) is 0 Å². The first-order chi connectivity index (χ1) is 8.18. The van der Waals surface area contributed by atoms with Gasteiger partial charge >= 0.3 is 18.9 Å². The molecule has 0 saturated heterocycles. The molecule has 0 aromatic heterocycles. The molecule has 2 rings (SSSR count). The van der Waals surface area contributed by atoms with Crippen LogP contribution in [-0.4, -0.2) is 44.8 Å². The van der Waals surface area contributed by atoms with Gasteiger partial charge in [-0.3, -0.25) is 9.11 Å². The second-order valence-corrected chi connectivity index (χ2v) is 6.46. The Hall–Kier alpha value is -0.883. The summed E-state index contributed by atoms with van der Waals surface area (Å²) in [6.07, 6.45) is 0. The molecule has 0 saturated carbocycles. The summed E-state index contributed by atoms with van der Waals surface area (Å²) in [5.74, 6) is 0. The van der Waals surface area contributed by atoms with Crippen molar-refractivity contribution in [1.29, 1.82) is 0 Å². The molecule has 0 aliphatic heterocycles. The minimum atomic E-state index is -4.30. The van der Waals surface area contributed by atoms with Gasteiger partial charge in [0.15, 0.2) is 0 Å². The van der Waals surface area contributed by atoms with Gasteiger partial charge in [-0.2, -0.15) is 16.8 Å². The molecule has 0 radical (unpaired) electrons. The van der Waals surface area contributed by atoms with Crippen LogP contribution in [0.3, 0.4) is 0 Å². The topological polar surface area (TPSA) is 109 Å². The van der Waals surface area contributed by atoms with E-state index in [0.29, 0.717) is 10.8 Å². The zero-order valence-corrected chi connectivity index (χ0v) is 10.4. The van der Waals surface area contributed by atoms with Crippen molar-refractivity contribution >= 4 is 49.9 Å². The summed E-state index contributed by atoms with van der Waals surface area (Å²) in [6, 6.07) is 7.38. The SMILES string of the molecule is O=S(=O)(O)c1ccc2cc(S(=O)(=O)O)ccc2c1.[LiH]. The average Bonchev–Trinajstić information content (AvgIpc) is 2.25. The van der Waals surface area contributed by atoms with Gasteiger partial charge in [-0.05, 0) is 35.0 Å². The van der Waals surface area contributed by atoms with Crippen LogP contribution in [0, 0.1) is 0 Å². The van der Waals surface area contributed by atoms with Crippen LogP contribution >= 0.6 is 0 Å². The second kappa shape index (κ2) is 5.24. The molecule has 9 heteroatoms. The normalized spacial score (nSPS) is 12.1. The molecule has 2 N–H and O–H groups in total. The van der Waals surface area contributed by atoms with Gasteiger partial charge in [0.25, 0.3) is 20.2 Å². The first-order valence-corrected chi connectivity index (χ1v) is 7.55. The summed E-state index contributed by atoms with van der Waals surface area (Å²) in [6.45, 7) is 0. The molecule has 0 aliphatic carbocycles. The molecule has 0 bridgehead atoms. The third-order valence-electron chi connectivity index (χ3n) is 2.38. The number of hydrogen-bond acceptors (Lipinski definition) is 4. The van der Waals surface area contributed by atoms with Gasteiger partial charge in [-0.25, -0.2) is 0 Å². The molecular formula is C10H9LiO6S2. The molecule has 0 atom stereocenters. The van der Waals surface area contributed by atoms with Crippen molar-refractivity contribution in [2.24, 2.45) is 0 Å². The molecule has 19 heavy (non-hydrogen) atoms. The van der Waals surface area contributed by atoms with Crippen molar-refractivity contribution in [3.05, 3.63) is 36.4 Å². The van der Waals surface area contributed by atoms with Gasteiger partial charge in [-0.1, -0.05) is 12.1 Å². The first-order valence-electron chi connectivity index (χ1n) is 4.67. The molecule has 0 unspecified atom stereocenters. The number of benzene rings is 2. The summed E-state index contributed by atoms with van der Waals surface area (Å²) in [5.41, 5.74) is 0. The van der Waals surface area contributed by atoms with Gasteiger partial charge in [0.2, 0.25) is 0 Å². The first kappa shape index (κ1) is 16.2. The molecule has 0 amide bonds. The van der Waals surface area contributed by atoms with E-state index in [4.69, 9.17) is 9.11 Å². The molecule has 0 fully saturated rings. The van der Waals surface area contributed by atoms with Crippen LogP contribution in [0.15, 0.2) is 46.2 Å². The fourth-order valence-corrected chi connectivity index (χ4v) is 2.55. The Balaban J connectivity index is 0.00000180. The van der Waals surface area contributed by atoms with E-state index in [2.05, 4.69) is 0 Å². The van der Waals surface area contributed by atoms with Crippen molar-refractivity contribution in [2.75, 3.05) is 0 Å². The van der Waals surface area contributed by atoms with E-state index in [0.717, 1.165) is 12.1 Å². The van der Waals surface area contributed by atoms with Crippen LogP contribution in [0.25, 0.3) is 10.8 Å². The van der Waals surface area contributed by atoms with Crippen molar-refractivity contribution in [3.8, 4) is 0 Å². The molecule has 6 nitrogen and oxygen atoms in total. The van der Waals surface area contributed by atoms with Crippen molar-refractivity contribution < 1.29 is 25.9 Å². The van der Waals surface area contributed by atoms with Crippen molar-refractivity contribution in [3.63, 3.8) is 0 Å². The Labute approximate surface area is 122 Å². The number of fused-ring (bicyclic) bond motifs is 1. The molecule has 0 heterocycles. The van der Waals surface area contributed by atoms with Gasteiger partial charge in [-0.15, -0.1) is 0 Å². The quantitative estimate of drug-likeness (QED) is 0.623. The maximum absolute atomic E-state index is 10.9. The van der Waals surface area contributed by atoms with E-state index in [9.17, 15) is 16.8 Å². The monoisotopic (exact) mass is 296 g/mol. The predicted octanol–water partition coefficient (Wildman–Crippen LogP) is 0.685. The Kier molecular flexibility index (Phi) is 4.46. The van der Waals surface area contributed by atoms with E-state index < -0.39 is 20.2 Å². The summed E-state index contributed by atoms with van der Waals surface area (Å²) in [7, 11) is -8.60. The van der Waals surface area contributed by atoms with Gasteiger partial charge < -0.3 is 0 Å². The molecular weight excluding hydrogens is 287 g/mol. The Morgan fingerprint density at radius 2 is 1.00 bits per heavy atom. The second-order valence-electron chi connectivity index (χ2n) is 3.62. The zero-order valence-electron chi connectivity index (χ0n) is 8.81. The minimum absolute atomic E-state index is 0. The van der Waals surface area contributed by atoms with Gasteiger partial charge in [0.1, 0.15) is 0 Å². The van der Waals surface area contributed by atoms with E-state index >= 15 is 0 Å². The van der Waals surface area contributed by atoms with Crippen LogP contribution in [0.1, 0.15) is 0 Å². The average molecular weight is 296 g/mol. The van der Waals surface area contributed by atoms with Gasteiger partial charge in [0, 0.05) is 0 Å². The summed E-state index contributed by atoms with van der Waals surface area (Å²) in [4.78, 5) is -0.566.